The number of halogens is 1. The monoisotopic (exact) mass is 200 g/mol. The van der Waals surface area contributed by atoms with Gasteiger partial charge in [-0.2, -0.15) is 0 Å². The quantitative estimate of drug-likeness (QED) is 0.740. The molecule has 0 saturated carbocycles. The maximum Gasteiger partial charge on any atom is 0.172 e. The maximum absolute atomic E-state index is 8.57. The van der Waals surface area contributed by atoms with Gasteiger partial charge in [0, 0.05) is 13.0 Å². The van der Waals surface area contributed by atoms with E-state index in [1.54, 1.807) is 0 Å². The average molecular weight is 201 g/mol. The summed E-state index contributed by atoms with van der Waals surface area (Å²) in [4.78, 5) is 0. The zero-order valence-corrected chi connectivity index (χ0v) is 8.07. The Balaban J connectivity index is 2.32. The first-order chi connectivity index (χ1) is 6.33. The molecule has 13 heavy (non-hydrogen) atoms. The highest BCUT2D eigenvalue weighted by Crippen LogP contribution is 2.15. The zero-order chi connectivity index (χ0) is 9.52. The predicted molar refractivity (Wildman–Crippen MR) is 53.0 cm³/mol. The number of aliphatic hydroxyl groups is 1. The molecule has 72 valence electrons. The van der Waals surface area contributed by atoms with E-state index >= 15 is 0 Å². The highest BCUT2D eigenvalue weighted by atomic mass is 35.5. The van der Waals surface area contributed by atoms with E-state index in [0.29, 0.717) is 12.8 Å². The zero-order valence-electron chi connectivity index (χ0n) is 7.32. The van der Waals surface area contributed by atoms with Crippen LogP contribution in [0.25, 0.3) is 0 Å². The van der Waals surface area contributed by atoms with Gasteiger partial charge >= 0.3 is 0 Å². The van der Waals surface area contributed by atoms with E-state index < -0.39 is 0 Å². The molecule has 0 fully saturated rings. The highest BCUT2D eigenvalue weighted by Gasteiger charge is 2.04. The Labute approximate surface area is 83.1 Å². The van der Waals surface area contributed by atoms with Crippen molar-refractivity contribution < 1.29 is 9.84 Å². The lowest BCUT2D eigenvalue weighted by atomic mass is 10.3. The summed E-state index contributed by atoms with van der Waals surface area (Å²) < 4.78 is 5.37. The molecule has 3 heteroatoms. The standard InChI is InChI=1S/C10H13ClO2/c11-10(7-4-8-12)13-9-5-2-1-3-6-9/h1-3,5-6,10,12H,4,7-8H2. The van der Waals surface area contributed by atoms with Crippen molar-refractivity contribution in [3.8, 4) is 5.75 Å². The van der Waals surface area contributed by atoms with E-state index in [-0.39, 0.29) is 12.2 Å². The molecule has 0 aliphatic carbocycles. The first-order valence-electron chi connectivity index (χ1n) is 4.29. The summed E-state index contributed by atoms with van der Waals surface area (Å²) in [5.41, 5.74) is -0.352. The third kappa shape index (κ3) is 4.15. The Morgan fingerprint density at radius 3 is 2.62 bits per heavy atom. The minimum atomic E-state index is -0.352. The van der Waals surface area contributed by atoms with E-state index in [9.17, 15) is 0 Å². The lowest BCUT2D eigenvalue weighted by molar-refractivity contribution is 0.232. The Morgan fingerprint density at radius 1 is 1.31 bits per heavy atom. The second kappa shape index (κ2) is 5.84. The van der Waals surface area contributed by atoms with Crippen LogP contribution in [0.5, 0.6) is 5.75 Å². The van der Waals surface area contributed by atoms with Crippen LogP contribution in [0.15, 0.2) is 30.3 Å². The van der Waals surface area contributed by atoms with Crippen molar-refractivity contribution in [3.63, 3.8) is 0 Å². The molecule has 1 aromatic carbocycles. The van der Waals surface area contributed by atoms with Crippen LogP contribution in [0, 0.1) is 0 Å². The fourth-order valence-corrected chi connectivity index (χ4v) is 1.21. The van der Waals surface area contributed by atoms with Crippen LogP contribution in [0.2, 0.25) is 0 Å². The molecule has 0 aromatic heterocycles. The highest BCUT2D eigenvalue weighted by molar-refractivity contribution is 6.19. The average Bonchev–Trinajstić information content (AvgIpc) is 2.16. The van der Waals surface area contributed by atoms with Crippen LogP contribution in [0.3, 0.4) is 0 Å². The van der Waals surface area contributed by atoms with Crippen LogP contribution < -0.4 is 4.74 Å². The number of aliphatic hydroxyl groups excluding tert-OH is 1. The van der Waals surface area contributed by atoms with Gasteiger partial charge in [-0.05, 0) is 18.6 Å². The molecule has 1 N–H and O–H groups in total. The molecule has 0 radical (unpaired) electrons. The van der Waals surface area contributed by atoms with E-state index in [1.165, 1.54) is 0 Å². The summed E-state index contributed by atoms with van der Waals surface area (Å²) in [5, 5.41) is 8.57. The molecule has 0 spiro atoms. The normalized spacial score (nSPS) is 12.5. The molecular formula is C10H13ClO2. The van der Waals surface area contributed by atoms with E-state index in [1.807, 2.05) is 30.3 Å². The lowest BCUT2D eigenvalue weighted by Gasteiger charge is -2.11. The van der Waals surface area contributed by atoms with Gasteiger partial charge in [0.2, 0.25) is 0 Å². The smallest absolute Gasteiger partial charge is 0.172 e. The number of ether oxygens (including phenoxy) is 1. The molecule has 1 unspecified atom stereocenters. The first-order valence-corrected chi connectivity index (χ1v) is 4.73. The van der Waals surface area contributed by atoms with Gasteiger partial charge in [0.1, 0.15) is 5.75 Å². The second-order valence-corrected chi connectivity index (χ2v) is 3.19. The Bertz CT molecular complexity index is 226. The number of hydrogen-bond donors (Lipinski definition) is 1. The number of rotatable bonds is 5. The van der Waals surface area contributed by atoms with Crippen LogP contribution in [-0.4, -0.2) is 17.3 Å². The molecule has 0 aliphatic rings. The summed E-state index contributed by atoms with van der Waals surface area (Å²) in [6.07, 6.45) is 1.33. The van der Waals surface area contributed by atoms with Crippen LogP contribution >= 0.6 is 11.6 Å². The topological polar surface area (TPSA) is 29.5 Å². The van der Waals surface area contributed by atoms with Crippen molar-refractivity contribution in [1.29, 1.82) is 0 Å². The molecule has 1 aromatic rings. The van der Waals surface area contributed by atoms with Gasteiger partial charge in [-0.3, -0.25) is 0 Å². The van der Waals surface area contributed by atoms with Crippen molar-refractivity contribution in [2.45, 2.75) is 18.4 Å². The van der Waals surface area contributed by atoms with Gasteiger partial charge in [-0.15, -0.1) is 0 Å². The van der Waals surface area contributed by atoms with Crippen LogP contribution in [0.1, 0.15) is 12.8 Å². The molecule has 0 saturated heterocycles. The molecule has 0 amide bonds. The molecule has 0 heterocycles. The molecule has 0 bridgehead atoms. The second-order valence-electron chi connectivity index (χ2n) is 2.71. The van der Waals surface area contributed by atoms with Crippen molar-refractivity contribution in [2.24, 2.45) is 0 Å². The van der Waals surface area contributed by atoms with Crippen LogP contribution in [0.4, 0.5) is 0 Å². The third-order valence-electron chi connectivity index (χ3n) is 1.60. The number of hydrogen-bond acceptors (Lipinski definition) is 2. The summed E-state index contributed by atoms with van der Waals surface area (Å²) in [6, 6.07) is 9.42. The first kappa shape index (κ1) is 10.4. The predicted octanol–water partition coefficient (Wildman–Crippen LogP) is 2.40. The third-order valence-corrected chi connectivity index (χ3v) is 1.90. The summed E-state index contributed by atoms with van der Waals surface area (Å²) >= 11 is 5.86. The van der Waals surface area contributed by atoms with Gasteiger partial charge in [0.05, 0.1) is 0 Å². The summed E-state index contributed by atoms with van der Waals surface area (Å²) in [7, 11) is 0. The van der Waals surface area contributed by atoms with Gasteiger partial charge < -0.3 is 9.84 Å². The van der Waals surface area contributed by atoms with Gasteiger partial charge in [-0.1, -0.05) is 29.8 Å². The number of benzene rings is 1. The molecule has 1 rings (SSSR count). The molecule has 2 nitrogen and oxygen atoms in total. The Morgan fingerprint density at radius 2 is 2.00 bits per heavy atom. The molecular weight excluding hydrogens is 188 g/mol. The van der Waals surface area contributed by atoms with E-state index in [4.69, 9.17) is 21.4 Å². The van der Waals surface area contributed by atoms with Crippen LogP contribution in [-0.2, 0) is 0 Å². The summed E-state index contributed by atoms with van der Waals surface area (Å²) in [5.74, 6) is 0.764. The fourth-order valence-electron chi connectivity index (χ4n) is 0.957. The van der Waals surface area contributed by atoms with Crippen molar-refractivity contribution in [3.05, 3.63) is 30.3 Å². The maximum atomic E-state index is 8.57. The largest absolute Gasteiger partial charge is 0.475 e. The van der Waals surface area contributed by atoms with E-state index in [0.717, 1.165) is 5.75 Å². The Kier molecular flexibility index (Phi) is 4.65. The van der Waals surface area contributed by atoms with Crippen molar-refractivity contribution >= 4 is 11.6 Å². The van der Waals surface area contributed by atoms with Gasteiger partial charge in [0.15, 0.2) is 5.56 Å². The van der Waals surface area contributed by atoms with Gasteiger partial charge in [-0.25, -0.2) is 0 Å². The number of alkyl halides is 1. The van der Waals surface area contributed by atoms with Crippen molar-refractivity contribution in [1.82, 2.24) is 0 Å². The minimum Gasteiger partial charge on any atom is -0.475 e. The SMILES string of the molecule is OCCCC(Cl)Oc1ccccc1. The van der Waals surface area contributed by atoms with E-state index in [2.05, 4.69) is 0 Å². The minimum absolute atomic E-state index is 0.154. The van der Waals surface area contributed by atoms with Gasteiger partial charge in [0.25, 0.3) is 0 Å². The number of para-hydroxylation sites is 1. The molecule has 1 atom stereocenters. The van der Waals surface area contributed by atoms with Crippen molar-refractivity contribution in [2.75, 3.05) is 6.61 Å². The summed E-state index contributed by atoms with van der Waals surface area (Å²) in [6.45, 7) is 0.154. The lowest BCUT2D eigenvalue weighted by Crippen LogP contribution is -2.08. The molecule has 0 aliphatic heterocycles. The fraction of sp³-hybridized carbons (Fsp3) is 0.400. The Hall–Kier alpha value is -0.730.